The van der Waals surface area contributed by atoms with Crippen LogP contribution in [0.2, 0.25) is 0 Å². The Morgan fingerprint density at radius 1 is 1.69 bits per heavy atom. The lowest BCUT2D eigenvalue weighted by Gasteiger charge is -2.32. The molecule has 1 saturated heterocycles. The van der Waals surface area contributed by atoms with Crippen LogP contribution in [-0.2, 0) is 4.79 Å². The molecule has 76 valence electrons. The first-order valence-corrected chi connectivity index (χ1v) is 4.90. The van der Waals surface area contributed by atoms with E-state index in [9.17, 15) is 4.79 Å². The summed E-state index contributed by atoms with van der Waals surface area (Å²) in [4.78, 5) is 10.8. The molecule has 13 heavy (non-hydrogen) atoms. The highest BCUT2D eigenvalue weighted by Crippen LogP contribution is 2.08. The molecule has 0 spiro atoms. The Bertz CT molecular complexity index is 184. The largest absolute Gasteiger partial charge is 0.368 e. The second-order valence-electron chi connectivity index (χ2n) is 3.78. The van der Waals surface area contributed by atoms with Crippen LogP contribution in [0.15, 0.2) is 0 Å². The summed E-state index contributed by atoms with van der Waals surface area (Å²) in [6.07, 6.45) is 2.28. The molecule has 0 aromatic heterocycles. The number of rotatable bonds is 3. The number of carbonyl (C=O) groups excluding carboxylic acids is 1. The van der Waals surface area contributed by atoms with Crippen molar-refractivity contribution in [3.8, 4) is 0 Å². The lowest BCUT2D eigenvalue weighted by molar-refractivity contribution is -0.119. The molecule has 0 saturated carbocycles. The van der Waals surface area contributed by atoms with E-state index in [0.29, 0.717) is 12.1 Å². The molecule has 0 aliphatic carbocycles. The van der Waals surface area contributed by atoms with Crippen molar-refractivity contribution in [2.45, 2.75) is 44.8 Å². The van der Waals surface area contributed by atoms with E-state index in [0.717, 1.165) is 19.4 Å². The summed E-state index contributed by atoms with van der Waals surface area (Å²) in [7, 11) is 0. The van der Waals surface area contributed by atoms with Crippen molar-refractivity contribution in [1.29, 1.82) is 0 Å². The Morgan fingerprint density at radius 3 is 2.92 bits per heavy atom. The van der Waals surface area contributed by atoms with Crippen molar-refractivity contribution >= 4 is 5.91 Å². The van der Waals surface area contributed by atoms with Crippen LogP contribution in [0.4, 0.5) is 0 Å². The Labute approximate surface area is 79.3 Å². The van der Waals surface area contributed by atoms with Gasteiger partial charge in [0.05, 0.1) is 6.04 Å². The quantitative estimate of drug-likeness (QED) is 0.560. The fourth-order valence-corrected chi connectivity index (χ4v) is 1.67. The number of nitrogens with one attached hydrogen (secondary N) is 2. The molecule has 1 heterocycles. The van der Waals surface area contributed by atoms with Gasteiger partial charge in [-0.3, -0.25) is 4.79 Å². The van der Waals surface area contributed by atoms with Gasteiger partial charge < -0.3 is 16.4 Å². The maximum atomic E-state index is 10.8. The number of piperidine rings is 1. The highest BCUT2D eigenvalue weighted by molar-refractivity contribution is 5.79. The standard InChI is InChI=1S/C9H19N3O/c1-6-8(4-3-5-11-6)12-7(2)9(10)13/h6-8,11-12H,3-5H2,1-2H3,(H2,10,13). The molecule has 0 radical (unpaired) electrons. The van der Waals surface area contributed by atoms with Crippen molar-refractivity contribution < 1.29 is 4.79 Å². The van der Waals surface area contributed by atoms with Crippen molar-refractivity contribution in [3.05, 3.63) is 0 Å². The minimum absolute atomic E-state index is 0.229. The summed E-state index contributed by atoms with van der Waals surface area (Å²) >= 11 is 0. The maximum absolute atomic E-state index is 10.8. The number of hydrogen-bond acceptors (Lipinski definition) is 3. The van der Waals surface area contributed by atoms with Crippen LogP contribution in [0.25, 0.3) is 0 Å². The van der Waals surface area contributed by atoms with E-state index < -0.39 is 0 Å². The van der Waals surface area contributed by atoms with Gasteiger partial charge in [0.25, 0.3) is 0 Å². The summed E-state index contributed by atoms with van der Waals surface area (Å²) in [6.45, 7) is 5.01. The molecule has 4 heteroatoms. The van der Waals surface area contributed by atoms with Gasteiger partial charge in [0, 0.05) is 12.1 Å². The summed E-state index contributed by atoms with van der Waals surface area (Å²) in [6, 6.07) is 0.569. The van der Waals surface area contributed by atoms with Gasteiger partial charge in [-0.05, 0) is 33.2 Å². The van der Waals surface area contributed by atoms with E-state index in [1.54, 1.807) is 0 Å². The van der Waals surface area contributed by atoms with Crippen LogP contribution < -0.4 is 16.4 Å². The van der Waals surface area contributed by atoms with Crippen molar-refractivity contribution in [2.24, 2.45) is 5.73 Å². The molecule has 0 bridgehead atoms. The Hall–Kier alpha value is -0.610. The normalized spacial score (nSPS) is 31.2. The molecule has 1 aliphatic rings. The Balaban J connectivity index is 2.37. The van der Waals surface area contributed by atoms with Gasteiger partial charge in [-0.2, -0.15) is 0 Å². The molecule has 1 rings (SSSR count). The van der Waals surface area contributed by atoms with Crippen LogP contribution in [0, 0.1) is 0 Å². The number of amides is 1. The zero-order valence-electron chi connectivity index (χ0n) is 8.34. The second kappa shape index (κ2) is 4.58. The Morgan fingerprint density at radius 2 is 2.38 bits per heavy atom. The van der Waals surface area contributed by atoms with Gasteiger partial charge in [0.1, 0.15) is 0 Å². The van der Waals surface area contributed by atoms with Crippen LogP contribution in [0.3, 0.4) is 0 Å². The second-order valence-corrected chi connectivity index (χ2v) is 3.78. The third-order valence-electron chi connectivity index (χ3n) is 2.65. The first-order valence-electron chi connectivity index (χ1n) is 4.90. The van der Waals surface area contributed by atoms with Gasteiger partial charge in [-0.25, -0.2) is 0 Å². The van der Waals surface area contributed by atoms with Crippen LogP contribution in [-0.4, -0.2) is 30.6 Å². The molecule has 0 aromatic rings. The highest BCUT2D eigenvalue weighted by atomic mass is 16.1. The molecule has 4 nitrogen and oxygen atoms in total. The smallest absolute Gasteiger partial charge is 0.234 e. The molecule has 3 atom stereocenters. The zero-order valence-corrected chi connectivity index (χ0v) is 8.34. The third-order valence-corrected chi connectivity index (χ3v) is 2.65. The molecule has 0 aromatic carbocycles. The van der Waals surface area contributed by atoms with E-state index in [4.69, 9.17) is 5.73 Å². The first kappa shape index (κ1) is 10.5. The monoisotopic (exact) mass is 185 g/mol. The lowest BCUT2D eigenvalue weighted by atomic mass is 9.99. The molecular weight excluding hydrogens is 166 g/mol. The number of hydrogen-bond donors (Lipinski definition) is 3. The maximum Gasteiger partial charge on any atom is 0.234 e. The van der Waals surface area contributed by atoms with Gasteiger partial charge in [0.2, 0.25) is 5.91 Å². The predicted molar refractivity (Wildman–Crippen MR) is 52.3 cm³/mol. The van der Waals surface area contributed by atoms with E-state index in [1.807, 2.05) is 6.92 Å². The summed E-state index contributed by atoms with van der Waals surface area (Å²) in [5.74, 6) is -0.280. The van der Waals surface area contributed by atoms with E-state index in [2.05, 4.69) is 17.6 Å². The zero-order chi connectivity index (χ0) is 9.84. The average Bonchev–Trinajstić information content (AvgIpc) is 2.08. The van der Waals surface area contributed by atoms with Crippen molar-refractivity contribution in [1.82, 2.24) is 10.6 Å². The fourth-order valence-electron chi connectivity index (χ4n) is 1.67. The minimum Gasteiger partial charge on any atom is -0.368 e. The number of nitrogens with two attached hydrogens (primary N) is 1. The lowest BCUT2D eigenvalue weighted by Crippen LogP contribution is -2.55. The van der Waals surface area contributed by atoms with Crippen LogP contribution in [0.5, 0.6) is 0 Å². The van der Waals surface area contributed by atoms with E-state index in [-0.39, 0.29) is 11.9 Å². The SMILES string of the molecule is CC(NC1CCCNC1C)C(N)=O. The first-order chi connectivity index (χ1) is 6.11. The summed E-state index contributed by atoms with van der Waals surface area (Å²) in [5, 5.41) is 6.59. The highest BCUT2D eigenvalue weighted by Gasteiger charge is 2.23. The predicted octanol–water partition coefficient (Wildman–Crippen LogP) is -0.410. The molecule has 1 aliphatic heterocycles. The van der Waals surface area contributed by atoms with Gasteiger partial charge >= 0.3 is 0 Å². The van der Waals surface area contributed by atoms with Crippen LogP contribution in [0.1, 0.15) is 26.7 Å². The summed E-state index contributed by atoms with van der Waals surface area (Å²) in [5.41, 5.74) is 5.18. The van der Waals surface area contributed by atoms with Crippen LogP contribution >= 0.6 is 0 Å². The minimum atomic E-state index is -0.280. The van der Waals surface area contributed by atoms with E-state index in [1.165, 1.54) is 0 Å². The van der Waals surface area contributed by atoms with Gasteiger partial charge in [-0.15, -0.1) is 0 Å². The molecular formula is C9H19N3O. The van der Waals surface area contributed by atoms with Gasteiger partial charge in [0.15, 0.2) is 0 Å². The molecule has 4 N–H and O–H groups in total. The third kappa shape index (κ3) is 2.97. The van der Waals surface area contributed by atoms with Gasteiger partial charge in [-0.1, -0.05) is 0 Å². The molecule has 1 fully saturated rings. The fraction of sp³-hybridized carbons (Fsp3) is 0.889. The number of primary amides is 1. The topological polar surface area (TPSA) is 67.2 Å². The molecule has 1 amide bonds. The number of carbonyl (C=O) groups is 1. The van der Waals surface area contributed by atoms with E-state index >= 15 is 0 Å². The van der Waals surface area contributed by atoms with Crippen molar-refractivity contribution in [3.63, 3.8) is 0 Å². The Kier molecular flexibility index (Phi) is 3.69. The van der Waals surface area contributed by atoms with Crippen molar-refractivity contribution in [2.75, 3.05) is 6.54 Å². The average molecular weight is 185 g/mol. The molecule has 3 unspecified atom stereocenters. The summed E-state index contributed by atoms with van der Waals surface area (Å²) < 4.78 is 0.